The molecule has 5 nitrogen and oxygen atoms in total. The lowest BCUT2D eigenvalue weighted by molar-refractivity contribution is 0.324. The first-order valence-corrected chi connectivity index (χ1v) is 6.76. The third-order valence-electron chi connectivity index (χ3n) is 3.93. The SMILES string of the molecule is CCOc1cncc(N2C3CCC2CC(N)C3)n1. The maximum atomic E-state index is 6.09. The smallest absolute Gasteiger partial charge is 0.234 e. The van der Waals surface area contributed by atoms with Crippen molar-refractivity contribution in [2.75, 3.05) is 11.5 Å². The molecule has 3 heterocycles. The molecule has 0 amide bonds. The van der Waals surface area contributed by atoms with E-state index in [1.165, 1.54) is 12.8 Å². The summed E-state index contributed by atoms with van der Waals surface area (Å²) in [5.74, 6) is 1.56. The summed E-state index contributed by atoms with van der Waals surface area (Å²) in [6.45, 7) is 2.58. The summed E-state index contributed by atoms with van der Waals surface area (Å²) in [5.41, 5.74) is 6.09. The average molecular weight is 248 g/mol. The minimum absolute atomic E-state index is 0.349. The Morgan fingerprint density at radius 2 is 2.06 bits per heavy atom. The van der Waals surface area contributed by atoms with Crippen LogP contribution in [0.3, 0.4) is 0 Å². The Labute approximate surface area is 107 Å². The predicted molar refractivity (Wildman–Crippen MR) is 69.7 cm³/mol. The molecule has 2 bridgehead atoms. The second-order valence-electron chi connectivity index (χ2n) is 5.17. The number of anilines is 1. The maximum absolute atomic E-state index is 6.09. The fraction of sp³-hybridized carbons (Fsp3) is 0.692. The molecule has 2 atom stereocenters. The van der Waals surface area contributed by atoms with E-state index in [9.17, 15) is 0 Å². The number of piperidine rings is 1. The van der Waals surface area contributed by atoms with E-state index in [1.807, 2.05) is 13.1 Å². The van der Waals surface area contributed by atoms with Gasteiger partial charge in [0, 0.05) is 18.1 Å². The van der Waals surface area contributed by atoms with Crippen molar-refractivity contribution in [3.63, 3.8) is 0 Å². The van der Waals surface area contributed by atoms with Crippen LogP contribution in [0.25, 0.3) is 0 Å². The van der Waals surface area contributed by atoms with Gasteiger partial charge in [-0.2, -0.15) is 4.98 Å². The number of rotatable bonds is 3. The van der Waals surface area contributed by atoms with Gasteiger partial charge in [0.25, 0.3) is 0 Å². The number of nitrogens with zero attached hydrogens (tertiary/aromatic N) is 3. The molecule has 2 unspecified atom stereocenters. The summed E-state index contributed by atoms with van der Waals surface area (Å²) in [6, 6.07) is 1.41. The molecule has 0 spiro atoms. The minimum atomic E-state index is 0.349. The fourth-order valence-electron chi connectivity index (χ4n) is 3.27. The Kier molecular flexibility index (Phi) is 3.07. The van der Waals surface area contributed by atoms with Crippen LogP contribution in [0.15, 0.2) is 12.4 Å². The van der Waals surface area contributed by atoms with Crippen LogP contribution in [0, 0.1) is 0 Å². The Morgan fingerprint density at radius 1 is 1.33 bits per heavy atom. The van der Waals surface area contributed by atoms with Gasteiger partial charge in [0.15, 0.2) is 5.82 Å². The van der Waals surface area contributed by atoms with Crippen LogP contribution in [-0.2, 0) is 0 Å². The summed E-state index contributed by atoms with van der Waals surface area (Å²) in [6.07, 6.45) is 8.08. The Morgan fingerprint density at radius 3 is 2.72 bits per heavy atom. The van der Waals surface area contributed by atoms with E-state index in [1.54, 1.807) is 6.20 Å². The van der Waals surface area contributed by atoms with Crippen LogP contribution in [0.5, 0.6) is 5.88 Å². The van der Waals surface area contributed by atoms with Crippen LogP contribution in [0.2, 0.25) is 0 Å². The van der Waals surface area contributed by atoms with Crippen LogP contribution in [0.1, 0.15) is 32.6 Å². The zero-order valence-corrected chi connectivity index (χ0v) is 10.7. The molecule has 2 aliphatic rings. The third-order valence-corrected chi connectivity index (χ3v) is 3.93. The first-order chi connectivity index (χ1) is 8.78. The van der Waals surface area contributed by atoms with Crippen molar-refractivity contribution >= 4 is 5.82 Å². The molecule has 1 aromatic heterocycles. The Balaban J connectivity index is 1.84. The van der Waals surface area contributed by atoms with E-state index in [0.717, 1.165) is 18.7 Å². The van der Waals surface area contributed by atoms with Gasteiger partial charge in [-0.15, -0.1) is 0 Å². The van der Waals surface area contributed by atoms with Gasteiger partial charge in [0.1, 0.15) is 0 Å². The molecule has 0 aromatic carbocycles. The lowest BCUT2D eigenvalue weighted by Crippen LogP contribution is -2.47. The van der Waals surface area contributed by atoms with Gasteiger partial charge in [-0.25, -0.2) is 0 Å². The average Bonchev–Trinajstić information content (AvgIpc) is 2.63. The Bertz CT molecular complexity index is 411. The van der Waals surface area contributed by atoms with Gasteiger partial charge in [-0.05, 0) is 32.6 Å². The normalized spacial score (nSPS) is 30.6. The molecule has 2 N–H and O–H groups in total. The molecule has 2 aliphatic heterocycles. The molecular formula is C13H20N4O. The number of ether oxygens (including phenoxy) is 1. The van der Waals surface area contributed by atoms with Crippen LogP contribution >= 0.6 is 0 Å². The second-order valence-corrected chi connectivity index (χ2v) is 5.17. The van der Waals surface area contributed by atoms with Gasteiger partial charge in [-0.1, -0.05) is 0 Å². The number of fused-ring (bicyclic) bond motifs is 2. The van der Waals surface area contributed by atoms with E-state index < -0.39 is 0 Å². The van der Waals surface area contributed by atoms with Gasteiger partial charge in [0.05, 0.1) is 19.0 Å². The monoisotopic (exact) mass is 248 g/mol. The lowest BCUT2D eigenvalue weighted by atomic mass is 9.98. The summed E-state index contributed by atoms with van der Waals surface area (Å²) in [5, 5.41) is 0. The Hall–Kier alpha value is -1.36. The van der Waals surface area contributed by atoms with E-state index >= 15 is 0 Å². The highest BCUT2D eigenvalue weighted by atomic mass is 16.5. The highest BCUT2D eigenvalue weighted by Gasteiger charge is 2.40. The maximum Gasteiger partial charge on any atom is 0.234 e. The van der Waals surface area contributed by atoms with E-state index in [2.05, 4.69) is 14.9 Å². The molecule has 1 aromatic rings. The standard InChI is InChI=1S/C13H20N4O/c1-2-18-13-8-15-7-12(16-13)17-10-3-4-11(17)6-9(14)5-10/h7-11H,2-6,14H2,1H3. The zero-order chi connectivity index (χ0) is 12.5. The van der Waals surface area contributed by atoms with E-state index in [0.29, 0.717) is 30.6 Å². The number of aromatic nitrogens is 2. The summed E-state index contributed by atoms with van der Waals surface area (Å²) in [7, 11) is 0. The molecule has 2 saturated heterocycles. The molecule has 5 heteroatoms. The molecule has 18 heavy (non-hydrogen) atoms. The van der Waals surface area contributed by atoms with Crippen LogP contribution in [-0.4, -0.2) is 34.7 Å². The molecule has 2 fully saturated rings. The first kappa shape index (κ1) is 11.7. The summed E-state index contributed by atoms with van der Waals surface area (Å²) < 4.78 is 5.42. The van der Waals surface area contributed by atoms with Crippen molar-refractivity contribution in [3.05, 3.63) is 12.4 Å². The van der Waals surface area contributed by atoms with Crippen LogP contribution < -0.4 is 15.4 Å². The molecule has 98 valence electrons. The van der Waals surface area contributed by atoms with Gasteiger partial charge < -0.3 is 15.4 Å². The van der Waals surface area contributed by atoms with Crippen LogP contribution in [0.4, 0.5) is 5.82 Å². The molecule has 0 aliphatic carbocycles. The minimum Gasteiger partial charge on any atom is -0.477 e. The highest BCUT2D eigenvalue weighted by Crippen LogP contribution is 2.38. The second kappa shape index (κ2) is 4.72. The topological polar surface area (TPSA) is 64.3 Å². The van der Waals surface area contributed by atoms with E-state index in [-0.39, 0.29) is 0 Å². The van der Waals surface area contributed by atoms with Crippen molar-refractivity contribution in [1.29, 1.82) is 0 Å². The highest BCUT2D eigenvalue weighted by molar-refractivity contribution is 5.43. The largest absolute Gasteiger partial charge is 0.477 e. The fourth-order valence-corrected chi connectivity index (χ4v) is 3.27. The van der Waals surface area contributed by atoms with Crippen molar-refractivity contribution in [2.24, 2.45) is 5.73 Å². The lowest BCUT2D eigenvalue weighted by Gasteiger charge is -2.38. The number of nitrogens with two attached hydrogens (primary N) is 1. The summed E-state index contributed by atoms with van der Waals surface area (Å²) >= 11 is 0. The molecule has 0 radical (unpaired) electrons. The van der Waals surface area contributed by atoms with Crippen molar-refractivity contribution in [1.82, 2.24) is 9.97 Å². The van der Waals surface area contributed by atoms with Gasteiger partial charge in [0.2, 0.25) is 5.88 Å². The third kappa shape index (κ3) is 2.03. The van der Waals surface area contributed by atoms with Crippen molar-refractivity contribution < 1.29 is 4.74 Å². The number of hydrogen-bond acceptors (Lipinski definition) is 5. The molecular weight excluding hydrogens is 228 g/mol. The molecule has 0 saturated carbocycles. The molecule has 3 rings (SSSR count). The predicted octanol–water partition coefficient (Wildman–Crippen LogP) is 1.33. The van der Waals surface area contributed by atoms with Crippen molar-refractivity contribution in [2.45, 2.75) is 50.7 Å². The van der Waals surface area contributed by atoms with E-state index in [4.69, 9.17) is 10.5 Å². The van der Waals surface area contributed by atoms with Crippen molar-refractivity contribution in [3.8, 4) is 5.88 Å². The summed E-state index contributed by atoms with van der Waals surface area (Å²) in [4.78, 5) is 11.2. The van der Waals surface area contributed by atoms with Gasteiger partial charge in [-0.3, -0.25) is 4.98 Å². The van der Waals surface area contributed by atoms with Gasteiger partial charge >= 0.3 is 0 Å². The zero-order valence-electron chi connectivity index (χ0n) is 10.7. The number of hydrogen-bond donors (Lipinski definition) is 1. The quantitative estimate of drug-likeness (QED) is 0.874. The first-order valence-electron chi connectivity index (χ1n) is 6.76.